The first-order valence-electron chi connectivity index (χ1n) is 8.26. The van der Waals surface area contributed by atoms with Crippen molar-refractivity contribution in [3.63, 3.8) is 0 Å². The van der Waals surface area contributed by atoms with Crippen LogP contribution in [0.4, 0.5) is 5.69 Å². The number of aryl methyl sites for hydroxylation is 3. The average molecular weight is 331 g/mol. The summed E-state index contributed by atoms with van der Waals surface area (Å²) in [4.78, 5) is 12.4. The molecule has 0 saturated carbocycles. The molecular formula is C22H21NO2. The van der Waals surface area contributed by atoms with Gasteiger partial charge in [-0.2, -0.15) is 0 Å². The second-order valence-electron chi connectivity index (χ2n) is 6.12. The molecule has 1 N–H and O–H groups in total. The number of rotatable bonds is 4. The minimum absolute atomic E-state index is 0.110. The van der Waals surface area contributed by atoms with Crippen LogP contribution in [0.3, 0.4) is 0 Å². The minimum atomic E-state index is -0.110. The highest BCUT2D eigenvalue weighted by Crippen LogP contribution is 2.29. The Morgan fingerprint density at radius 3 is 2.00 bits per heavy atom. The predicted molar refractivity (Wildman–Crippen MR) is 102 cm³/mol. The molecule has 25 heavy (non-hydrogen) atoms. The second kappa shape index (κ2) is 7.22. The van der Waals surface area contributed by atoms with Crippen molar-refractivity contribution in [1.29, 1.82) is 0 Å². The molecule has 3 heteroatoms. The van der Waals surface area contributed by atoms with E-state index in [4.69, 9.17) is 4.74 Å². The van der Waals surface area contributed by atoms with E-state index in [1.807, 2.05) is 87.5 Å². The third kappa shape index (κ3) is 3.89. The van der Waals surface area contributed by atoms with E-state index < -0.39 is 0 Å². The van der Waals surface area contributed by atoms with E-state index >= 15 is 0 Å². The Hall–Kier alpha value is -3.07. The van der Waals surface area contributed by atoms with Gasteiger partial charge in [0.15, 0.2) is 0 Å². The zero-order valence-electron chi connectivity index (χ0n) is 14.7. The van der Waals surface area contributed by atoms with Crippen LogP contribution in [-0.4, -0.2) is 5.91 Å². The molecule has 0 spiro atoms. The van der Waals surface area contributed by atoms with E-state index in [9.17, 15) is 4.79 Å². The average Bonchev–Trinajstić information content (AvgIpc) is 2.60. The monoisotopic (exact) mass is 331 g/mol. The van der Waals surface area contributed by atoms with E-state index in [0.717, 1.165) is 33.9 Å². The smallest absolute Gasteiger partial charge is 0.255 e. The van der Waals surface area contributed by atoms with Crippen molar-refractivity contribution in [1.82, 2.24) is 0 Å². The summed E-state index contributed by atoms with van der Waals surface area (Å²) in [6, 6.07) is 21.0. The number of hydrogen-bond acceptors (Lipinski definition) is 2. The van der Waals surface area contributed by atoms with Crippen LogP contribution in [0, 0.1) is 20.8 Å². The summed E-state index contributed by atoms with van der Waals surface area (Å²) in [6.07, 6.45) is 0. The molecule has 0 heterocycles. The topological polar surface area (TPSA) is 38.3 Å². The summed E-state index contributed by atoms with van der Waals surface area (Å²) in [5.74, 6) is 1.51. The van der Waals surface area contributed by atoms with Crippen LogP contribution >= 0.6 is 0 Å². The molecule has 0 saturated heterocycles. The summed E-state index contributed by atoms with van der Waals surface area (Å²) >= 11 is 0. The Morgan fingerprint density at radius 1 is 0.760 bits per heavy atom. The van der Waals surface area contributed by atoms with Gasteiger partial charge in [0.25, 0.3) is 5.91 Å². The molecule has 0 atom stereocenters. The largest absolute Gasteiger partial charge is 0.457 e. The normalized spacial score (nSPS) is 10.4. The lowest BCUT2D eigenvalue weighted by Gasteiger charge is -2.12. The van der Waals surface area contributed by atoms with Crippen molar-refractivity contribution < 1.29 is 9.53 Å². The van der Waals surface area contributed by atoms with E-state index in [-0.39, 0.29) is 5.91 Å². The van der Waals surface area contributed by atoms with Crippen LogP contribution in [0.25, 0.3) is 0 Å². The lowest BCUT2D eigenvalue weighted by Crippen LogP contribution is -2.13. The van der Waals surface area contributed by atoms with Crippen molar-refractivity contribution in [2.24, 2.45) is 0 Å². The van der Waals surface area contributed by atoms with Crippen LogP contribution in [0.2, 0.25) is 0 Å². The number of ether oxygens (including phenoxy) is 1. The van der Waals surface area contributed by atoms with Gasteiger partial charge in [-0.05, 0) is 67.8 Å². The van der Waals surface area contributed by atoms with Crippen molar-refractivity contribution in [3.8, 4) is 11.5 Å². The Balaban J connectivity index is 1.72. The number of benzene rings is 3. The fraction of sp³-hybridized carbons (Fsp3) is 0.136. The van der Waals surface area contributed by atoms with Gasteiger partial charge in [-0.3, -0.25) is 4.79 Å². The molecule has 3 aromatic carbocycles. The Labute approximate surface area is 148 Å². The summed E-state index contributed by atoms with van der Waals surface area (Å²) < 4.78 is 5.99. The van der Waals surface area contributed by atoms with Crippen LogP contribution < -0.4 is 10.1 Å². The van der Waals surface area contributed by atoms with Gasteiger partial charge in [-0.25, -0.2) is 0 Å². The summed E-state index contributed by atoms with van der Waals surface area (Å²) in [5, 5.41) is 2.92. The van der Waals surface area contributed by atoms with E-state index in [0.29, 0.717) is 5.56 Å². The molecule has 0 aliphatic heterocycles. The number of carbonyl (C=O) groups excluding carboxylic acids is 1. The highest BCUT2D eigenvalue weighted by atomic mass is 16.5. The number of amides is 1. The van der Waals surface area contributed by atoms with Gasteiger partial charge >= 0.3 is 0 Å². The highest BCUT2D eigenvalue weighted by molar-refractivity contribution is 6.05. The van der Waals surface area contributed by atoms with Gasteiger partial charge in [0.1, 0.15) is 11.5 Å². The first-order chi connectivity index (χ1) is 12.0. The lowest BCUT2D eigenvalue weighted by atomic mass is 10.1. The molecule has 126 valence electrons. The summed E-state index contributed by atoms with van der Waals surface area (Å²) in [7, 11) is 0. The van der Waals surface area contributed by atoms with Crippen molar-refractivity contribution in [3.05, 3.63) is 89.0 Å². The molecule has 0 radical (unpaired) electrons. The van der Waals surface area contributed by atoms with Crippen LogP contribution in [-0.2, 0) is 0 Å². The van der Waals surface area contributed by atoms with Gasteiger partial charge in [-0.1, -0.05) is 36.4 Å². The number of anilines is 1. The number of para-hydroxylation sites is 1. The molecule has 0 fully saturated rings. The number of nitrogens with one attached hydrogen (secondary N) is 1. The molecule has 3 nitrogen and oxygen atoms in total. The quantitative estimate of drug-likeness (QED) is 0.670. The molecule has 0 aliphatic rings. The van der Waals surface area contributed by atoms with Crippen LogP contribution in [0.5, 0.6) is 11.5 Å². The Kier molecular flexibility index (Phi) is 4.85. The van der Waals surface area contributed by atoms with E-state index in [1.54, 1.807) is 0 Å². The first-order valence-corrected chi connectivity index (χ1v) is 8.26. The minimum Gasteiger partial charge on any atom is -0.457 e. The fourth-order valence-electron chi connectivity index (χ4n) is 2.71. The molecule has 0 aromatic heterocycles. The molecule has 3 rings (SSSR count). The van der Waals surface area contributed by atoms with Crippen molar-refractivity contribution in [2.75, 3.05) is 5.32 Å². The lowest BCUT2D eigenvalue weighted by molar-refractivity contribution is 0.102. The van der Waals surface area contributed by atoms with Crippen LogP contribution in [0.1, 0.15) is 27.0 Å². The van der Waals surface area contributed by atoms with Gasteiger partial charge in [0.2, 0.25) is 0 Å². The first kappa shape index (κ1) is 16.8. The van der Waals surface area contributed by atoms with Gasteiger partial charge < -0.3 is 10.1 Å². The van der Waals surface area contributed by atoms with E-state index in [2.05, 4.69) is 5.32 Å². The molecular weight excluding hydrogens is 310 g/mol. The van der Waals surface area contributed by atoms with Crippen molar-refractivity contribution in [2.45, 2.75) is 20.8 Å². The van der Waals surface area contributed by atoms with Gasteiger partial charge in [-0.15, -0.1) is 0 Å². The molecule has 0 aliphatic carbocycles. The fourth-order valence-corrected chi connectivity index (χ4v) is 2.71. The highest BCUT2D eigenvalue weighted by Gasteiger charge is 2.09. The Bertz CT molecular complexity index is 878. The third-order valence-corrected chi connectivity index (χ3v) is 4.13. The summed E-state index contributed by atoms with van der Waals surface area (Å²) in [5.41, 5.74) is 4.56. The maximum Gasteiger partial charge on any atom is 0.255 e. The van der Waals surface area contributed by atoms with E-state index in [1.165, 1.54) is 0 Å². The number of hydrogen-bond donors (Lipinski definition) is 1. The van der Waals surface area contributed by atoms with Crippen molar-refractivity contribution >= 4 is 11.6 Å². The number of carbonyl (C=O) groups is 1. The third-order valence-electron chi connectivity index (χ3n) is 4.13. The molecule has 3 aromatic rings. The molecule has 0 unspecified atom stereocenters. The van der Waals surface area contributed by atoms with Gasteiger partial charge in [0, 0.05) is 11.3 Å². The molecule has 1 amide bonds. The van der Waals surface area contributed by atoms with Gasteiger partial charge in [0.05, 0.1) is 0 Å². The molecule has 0 bridgehead atoms. The Morgan fingerprint density at radius 2 is 1.36 bits per heavy atom. The zero-order valence-corrected chi connectivity index (χ0v) is 14.7. The second-order valence-corrected chi connectivity index (χ2v) is 6.12. The zero-order chi connectivity index (χ0) is 17.8. The predicted octanol–water partition coefficient (Wildman–Crippen LogP) is 5.66. The van der Waals surface area contributed by atoms with Crippen LogP contribution in [0.15, 0.2) is 66.7 Å². The maximum atomic E-state index is 12.4. The standard InChI is InChI=1S/C22H21NO2/c1-15-7-4-5-10-20(15)22(24)23-18-11-13-19(14-12-18)25-21-16(2)8-6-9-17(21)3/h4-14H,1-3H3,(H,23,24). The SMILES string of the molecule is Cc1ccccc1C(=O)Nc1ccc(Oc2c(C)cccc2C)cc1. The maximum absolute atomic E-state index is 12.4. The summed E-state index contributed by atoms with van der Waals surface area (Å²) in [6.45, 7) is 5.98.